The first-order chi connectivity index (χ1) is 16.1. The van der Waals surface area contributed by atoms with Gasteiger partial charge in [0.2, 0.25) is 6.79 Å². The average Bonchev–Trinajstić information content (AvgIpc) is 3.43. The fourth-order valence-electron chi connectivity index (χ4n) is 3.67. The van der Waals surface area contributed by atoms with E-state index in [-0.39, 0.29) is 12.7 Å². The van der Waals surface area contributed by atoms with E-state index in [1.807, 2.05) is 42.5 Å². The van der Waals surface area contributed by atoms with Gasteiger partial charge in [-0.2, -0.15) is 0 Å². The Hall–Kier alpha value is -3.78. The number of rotatable bonds is 5. The van der Waals surface area contributed by atoms with Crippen molar-refractivity contribution in [1.29, 1.82) is 0 Å². The predicted octanol–water partition coefficient (Wildman–Crippen LogP) is 5.03. The van der Waals surface area contributed by atoms with E-state index in [0.29, 0.717) is 40.2 Å². The monoisotopic (exact) mass is 506 g/mol. The fraction of sp³-hybridized carbons (Fsp3) is 0.120. The molecular formula is C25H19BrN2O5. The standard InChI is InChI=1S/C25H19BrN2O5/c1-30-20-10-8-18(13-22(20)31-2)28-24(16-4-6-17(26)7-5-16)27-19(25(28)29)11-15-3-9-21-23(12-15)33-14-32-21/h3-13H,14H2,1-2H3. The number of ether oxygens (including phenoxy) is 4. The predicted molar refractivity (Wildman–Crippen MR) is 128 cm³/mol. The van der Waals surface area contributed by atoms with Gasteiger partial charge in [0, 0.05) is 16.1 Å². The summed E-state index contributed by atoms with van der Waals surface area (Å²) < 4.78 is 22.6. The van der Waals surface area contributed by atoms with Gasteiger partial charge in [0.25, 0.3) is 5.91 Å². The van der Waals surface area contributed by atoms with E-state index in [1.54, 1.807) is 43.4 Å². The minimum atomic E-state index is -0.252. The van der Waals surface area contributed by atoms with E-state index >= 15 is 0 Å². The Labute approximate surface area is 199 Å². The number of benzene rings is 3. The van der Waals surface area contributed by atoms with Gasteiger partial charge in [-0.15, -0.1) is 0 Å². The molecule has 0 radical (unpaired) electrons. The van der Waals surface area contributed by atoms with Crippen LogP contribution < -0.4 is 23.8 Å². The van der Waals surface area contributed by atoms with Crippen LogP contribution in [0.3, 0.4) is 0 Å². The third-order valence-electron chi connectivity index (χ3n) is 5.29. The molecule has 3 aromatic rings. The first-order valence-corrected chi connectivity index (χ1v) is 10.9. The van der Waals surface area contributed by atoms with Crippen LogP contribution in [0.1, 0.15) is 11.1 Å². The molecule has 0 atom stereocenters. The van der Waals surface area contributed by atoms with Crippen LogP contribution in [0, 0.1) is 0 Å². The molecule has 7 nitrogen and oxygen atoms in total. The van der Waals surface area contributed by atoms with Crippen molar-refractivity contribution in [3.05, 3.63) is 82.0 Å². The highest BCUT2D eigenvalue weighted by Gasteiger charge is 2.33. The number of carbonyl (C=O) groups is 1. The van der Waals surface area contributed by atoms with Crippen LogP contribution in [-0.4, -0.2) is 32.8 Å². The largest absolute Gasteiger partial charge is 0.493 e. The third-order valence-corrected chi connectivity index (χ3v) is 5.82. The summed E-state index contributed by atoms with van der Waals surface area (Å²) in [6.07, 6.45) is 1.74. The number of hydrogen-bond donors (Lipinski definition) is 0. The lowest BCUT2D eigenvalue weighted by Crippen LogP contribution is -2.32. The maximum atomic E-state index is 13.6. The van der Waals surface area contributed by atoms with Gasteiger partial charge in [-0.1, -0.05) is 34.1 Å². The van der Waals surface area contributed by atoms with Crippen molar-refractivity contribution >= 4 is 39.4 Å². The zero-order valence-electron chi connectivity index (χ0n) is 17.9. The molecule has 0 aliphatic carbocycles. The van der Waals surface area contributed by atoms with Crippen LogP contribution in [0.25, 0.3) is 6.08 Å². The molecule has 1 amide bonds. The van der Waals surface area contributed by atoms with Crippen molar-refractivity contribution in [2.75, 3.05) is 25.9 Å². The summed E-state index contributed by atoms with van der Waals surface area (Å²) in [5, 5.41) is 0. The van der Waals surface area contributed by atoms with Crippen molar-refractivity contribution < 1.29 is 23.7 Å². The molecule has 5 rings (SSSR count). The number of fused-ring (bicyclic) bond motifs is 1. The second kappa shape index (κ2) is 8.63. The number of aliphatic imine (C=N–C) groups is 1. The second-order valence-electron chi connectivity index (χ2n) is 7.26. The van der Waals surface area contributed by atoms with E-state index in [0.717, 1.165) is 15.6 Å². The molecule has 2 heterocycles. The first-order valence-electron chi connectivity index (χ1n) is 10.1. The summed E-state index contributed by atoms with van der Waals surface area (Å²) in [4.78, 5) is 19.8. The number of carbonyl (C=O) groups excluding carboxylic acids is 1. The molecule has 0 unspecified atom stereocenters. The first kappa shape index (κ1) is 21.1. The van der Waals surface area contributed by atoms with Gasteiger partial charge in [-0.3, -0.25) is 9.69 Å². The van der Waals surface area contributed by atoms with Gasteiger partial charge in [0.1, 0.15) is 11.5 Å². The van der Waals surface area contributed by atoms with Gasteiger partial charge >= 0.3 is 0 Å². The number of halogens is 1. The van der Waals surface area contributed by atoms with Crippen molar-refractivity contribution in [2.45, 2.75) is 0 Å². The maximum Gasteiger partial charge on any atom is 0.282 e. The molecule has 166 valence electrons. The van der Waals surface area contributed by atoms with Crippen molar-refractivity contribution in [3.8, 4) is 23.0 Å². The lowest BCUT2D eigenvalue weighted by atomic mass is 10.1. The Kier molecular flexibility index (Phi) is 5.51. The van der Waals surface area contributed by atoms with Crippen molar-refractivity contribution in [1.82, 2.24) is 0 Å². The van der Waals surface area contributed by atoms with Crippen molar-refractivity contribution in [3.63, 3.8) is 0 Å². The third kappa shape index (κ3) is 3.93. The Morgan fingerprint density at radius 3 is 2.45 bits per heavy atom. The van der Waals surface area contributed by atoms with Gasteiger partial charge < -0.3 is 18.9 Å². The van der Waals surface area contributed by atoms with Crippen LogP contribution in [0.2, 0.25) is 0 Å². The molecule has 8 heteroatoms. The van der Waals surface area contributed by atoms with Crippen LogP contribution in [0.5, 0.6) is 23.0 Å². The summed E-state index contributed by atoms with van der Waals surface area (Å²) in [6, 6.07) is 18.5. The molecule has 0 bridgehead atoms. The molecule has 3 aromatic carbocycles. The Balaban J connectivity index is 1.60. The number of amidine groups is 1. The molecule has 2 aliphatic heterocycles. The Bertz CT molecular complexity index is 1300. The molecule has 0 fully saturated rings. The van der Waals surface area contributed by atoms with Gasteiger partial charge in [0.15, 0.2) is 23.0 Å². The van der Waals surface area contributed by atoms with E-state index in [2.05, 4.69) is 15.9 Å². The maximum absolute atomic E-state index is 13.6. The summed E-state index contributed by atoms with van der Waals surface area (Å²) in [5.41, 5.74) is 2.51. The lowest BCUT2D eigenvalue weighted by molar-refractivity contribution is -0.113. The van der Waals surface area contributed by atoms with E-state index < -0.39 is 0 Å². The van der Waals surface area contributed by atoms with Gasteiger partial charge in [0.05, 0.1) is 19.9 Å². The Morgan fingerprint density at radius 2 is 1.70 bits per heavy atom. The zero-order chi connectivity index (χ0) is 22.9. The fourth-order valence-corrected chi connectivity index (χ4v) is 3.94. The minimum Gasteiger partial charge on any atom is -0.493 e. The number of methoxy groups -OCH3 is 2. The van der Waals surface area contributed by atoms with E-state index in [4.69, 9.17) is 23.9 Å². The summed E-state index contributed by atoms with van der Waals surface area (Å²) in [5.74, 6) is 2.69. The molecule has 0 saturated heterocycles. The van der Waals surface area contributed by atoms with Crippen LogP contribution in [0.4, 0.5) is 5.69 Å². The Morgan fingerprint density at radius 1 is 0.939 bits per heavy atom. The summed E-state index contributed by atoms with van der Waals surface area (Å²) >= 11 is 3.46. The van der Waals surface area contributed by atoms with Crippen LogP contribution in [-0.2, 0) is 4.79 Å². The average molecular weight is 507 g/mol. The highest BCUT2D eigenvalue weighted by atomic mass is 79.9. The van der Waals surface area contributed by atoms with Crippen LogP contribution in [0.15, 0.2) is 75.8 Å². The number of anilines is 1. The summed E-state index contributed by atoms with van der Waals surface area (Å²) in [7, 11) is 3.13. The second-order valence-corrected chi connectivity index (χ2v) is 8.18. The molecule has 2 aliphatic rings. The molecule has 0 spiro atoms. The molecular weight excluding hydrogens is 488 g/mol. The normalized spacial score (nSPS) is 15.7. The zero-order valence-corrected chi connectivity index (χ0v) is 19.5. The SMILES string of the molecule is COc1ccc(N2C(=O)C(=Cc3ccc4c(c3)OCO4)N=C2c2ccc(Br)cc2)cc1OC. The summed E-state index contributed by atoms with van der Waals surface area (Å²) in [6.45, 7) is 0.188. The highest BCUT2D eigenvalue weighted by Crippen LogP contribution is 2.36. The van der Waals surface area contributed by atoms with E-state index in [1.165, 1.54) is 0 Å². The topological polar surface area (TPSA) is 69.6 Å². The quantitative estimate of drug-likeness (QED) is 0.454. The molecule has 0 N–H and O–H groups in total. The smallest absolute Gasteiger partial charge is 0.282 e. The number of amides is 1. The van der Waals surface area contributed by atoms with Gasteiger partial charge in [-0.05, 0) is 48.0 Å². The number of hydrogen-bond acceptors (Lipinski definition) is 6. The molecule has 33 heavy (non-hydrogen) atoms. The molecule has 0 saturated carbocycles. The van der Waals surface area contributed by atoms with Gasteiger partial charge in [-0.25, -0.2) is 4.99 Å². The lowest BCUT2D eigenvalue weighted by Gasteiger charge is -2.20. The van der Waals surface area contributed by atoms with Crippen LogP contribution >= 0.6 is 15.9 Å². The van der Waals surface area contributed by atoms with Crippen molar-refractivity contribution in [2.24, 2.45) is 4.99 Å². The van der Waals surface area contributed by atoms with E-state index in [9.17, 15) is 4.79 Å². The minimum absolute atomic E-state index is 0.188. The number of nitrogens with zero attached hydrogens (tertiary/aromatic N) is 2. The highest BCUT2D eigenvalue weighted by molar-refractivity contribution is 9.10. The molecule has 0 aromatic heterocycles.